The number of allylic oxidation sites excluding steroid dienone is 4. The van der Waals surface area contributed by atoms with Crippen LogP contribution in [-0.4, -0.2) is 6.29 Å². The van der Waals surface area contributed by atoms with Crippen molar-refractivity contribution in [3.63, 3.8) is 0 Å². The molecule has 0 saturated heterocycles. The van der Waals surface area contributed by atoms with Crippen LogP contribution in [0.2, 0.25) is 0 Å². The van der Waals surface area contributed by atoms with Crippen molar-refractivity contribution >= 4 is 6.29 Å². The Morgan fingerprint density at radius 1 is 1.08 bits per heavy atom. The molecule has 0 aromatic carbocycles. The molecule has 0 unspecified atom stereocenters. The third-order valence-corrected chi connectivity index (χ3v) is 7.96. The van der Waals surface area contributed by atoms with Gasteiger partial charge in [0, 0.05) is 6.42 Å². The van der Waals surface area contributed by atoms with E-state index in [0.29, 0.717) is 11.3 Å². The van der Waals surface area contributed by atoms with Gasteiger partial charge in [0.1, 0.15) is 6.29 Å². The lowest BCUT2D eigenvalue weighted by Crippen LogP contribution is -2.36. The molecule has 3 aliphatic carbocycles. The van der Waals surface area contributed by atoms with Gasteiger partial charge in [-0.2, -0.15) is 0 Å². The van der Waals surface area contributed by atoms with Gasteiger partial charge < -0.3 is 4.79 Å². The molecule has 1 heteroatoms. The Morgan fingerprint density at radius 3 is 2.60 bits per heavy atom. The highest BCUT2D eigenvalue weighted by atomic mass is 16.1. The fraction of sp³-hybridized carbons (Fsp3) is 0.792. The lowest BCUT2D eigenvalue weighted by molar-refractivity contribution is -0.108. The number of hydrogen-bond donors (Lipinski definition) is 0. The number of hydrogen-bond acceptors (Lipinski definition) is 1. The standard InChI is InChI=1S/C24H38O/c1-18-8-4-5-10-20(18)12-13-21-11-6-16-24(3)22(14-15-23(21)24)19(2)9-7-17-25/h12-13,17-19,22-23H,4-11,14-16H2,1-3H3/t18-,19+,22+,23-,24+/m0/s1. The van der Waals surface area contributed by atoms with Crippen LogP contribution in [0.4, 0.5) is 0 Å². The predicted octanol–water partition coefficient (Wildman–Crippen LogP) is 6.88. The Morgan fingerprint density at radius 2 is 1.84 bits per heavy atom. The van der Waals surface area contributed by atoms with E-state index in [9.17, 15) is 4.79 Å². The SMILES string of the molecule is C[C@H](CCC=O)[C@H]1CC[C@H]2C(=CC=C3CCCC[C@@H]3C)CCC[C@]12C. The zero-order chi connectivity index (χ0) is 17.9. The predicted molar refractivity (Wildman–Crippen MR) is 106 cm³/mol. The van der Waals surface area contributed by atoms with Gasteiger partial charge in [-0.15, -0.1) is 0 Å². The molecule has 3 aliphatic rings. The molecule has 140 valence electrons. The molecule has 3 fully saturated rings. The molecule has 0 amide bonds. The van der Waals surface area contributed by atoms with Crippen LogP contribution in [0, 0.1) is 29.1 Å². The quantitative estimate of drug-likeness (QED) is 0.498. The van der Waals surface area contributed by atoms with Crippen LogP contribution < -0.4 is 0 Å². The van der Waals surface area contributed by atoms with E-state index in [1.165, 1.54) is 57.8 Å². The van der Waals surface area contributed by atoms with Crippen molar-refractivity contribution in [1.29, 1.82) is 0 Å². The summed E-state index contributed by atoms with van der Waals surface area (Å²) in [6, 6.07) is 0. The first-order chi connectivity index (χ1) is 12.1. The van der Waals surface area contributed by atoms with Gasteiger partial charge in [0.15, 0.2) is 0 Å². The van der Waals surface area contributed by atoms with Gasteiger partial charge in [-0.05, 0) is 86.9 Å². The van der Waals surface area contributed by atoms with Crippen LogP contribution in [0.25, 0.3) is 0 Å². The van der Waals surface area contributed by atoms with E-state index < -0.39 is 0 Å². The normalized spacial score (nSPS) is 40.2. The Hall–Kier alpha value is -0.850. The highest BCUT2D eigenvalue weighted by molar-refractivity contribution is 5.49. The van der Waals surface area contributed by atoms with Crippen LogP contribution in [-0.2, 0) is 4.79 Å². The second-order valence-electron chi connectivity index (χ2n) is 9.45. The van der Waals surface area contributed by atoms with Crippen molar-refractivity contribution in [2.45, 2.75) is 91.4 Å². The maximum absolute atomic E-state index is 10.8. The van der Waals surface area contributed by atoms with Crippen molar-refractivity contribution in [3.8, 4) is 0 Å². The van der Waals surface area contributed by atoms with Crippen LogP contribution >= 0.6 is 0 Å². The molecule has 0 heterocycles. The molecular weight excluding hydrogens is 304 g/mol. The lowest BCUT2D eigenvalue weighted by atomic mass is 9.60. The minimum absolute atomic E-state index is 0.475. The summed E-state index contributed by atoms with van der Waals surface area (Å²) >= 11 is 0. The second kappa shape index (κ2) is 8.23. The van der Waals surface area contributed by atoms with Gasteiger partial charge >= 0.3 is 0 Å². The Balaban J connectivity index is 1.75. The van der Waals surface area contributed by atoms with E-state index in [1.54, 1.807) is 11.1 Å². The summed E-state index contributed by atoms with van der Waals surface area (Å²) < 4.78 is 0. The minimum atomic E-state index is 0.475. The van der Waals surface area contributed by atoms with Crippen molar-refractivity contribution in [2.75, 3.05) is 0 Å². The van der Waals surface area contributed by atoms with E-state index >= 15 is 0 Å². The number of carbonyl (C=O) groups is 1. The van der Waals surface area contributed by atoms with Crippen molar-refractivity contribution in [1.82, 2.24) is 0 Å². The Labute approximate surface area is 155 Å². The van der Waals surface area contributed by atoms with Gasteiger partial charge in [0.2, 0.25) is 0 Å². The maximum Gasteiger partial charge on any atom is 0.120 e. The Bertz CT molecular complexity index is 528. The zero-order valence-corrected chi connectivity index (χ0v) is 16.7. The topological polar surface area (TPSA) is 17.1 Å². The van der Waals surface area contributed by atoms with E-state index in [0.717, 1.165) is 36.9 Å². The molecule has 3 saturated carbocycles. The fourth-order valence-electron chi connectivity index (χ4n) is 6.42. The molecular formula is C24H38O. The lowest BCUT2D eigenvalue weighted by Gasteiger charge is -2.44. The van der Waals surface area contributed by atoms with Crippen molar-refractivity contribution in [2.24, 2.45) is 29.1 Å². The summed E-state index contributed by atoms with van der Waals surface area (Å²) in [4.78, 5) is 10.8. The molecule has 0 radical (unpaired) electrons. The molecule has 0 aliphatic heterocycles. The molecule has 0 aromatic rings. The third kappa shape index (κ3) is 3.96. The first-order valence-corrected chi connectivity index (χ1v) is 10.9. The maximum atomic E-state index is 10.8. The van der Waals surface area contributed by atoms with Crippen molar-refractivity contribution in [3.05, 3.63) is 23.3 Å². The smallest absolute Gasteiger partial charge is 0.120 e. The molecule has 0 spiro atoms. The van der Waals surface area contributed by atoms with Gasteiger partial charge in [-0.1, -0.05) is 50.5 Å². The van der Waals surface area contributed by atoms with E-state index in [4.69, 9.17) is 0 Å². The zero-order valence-electron chi connectivity index (χ0n) is 16.7. The molecule has 5 atom stereocenters. The van der Waals surface area contributed by atoms with Gasteiger partial charge in [0.25, 0.3) is 0 Å². The second-order valence-corrected chi connectivity index (χ2v) is 9.45. The first kappa shape index (κ1) is 18.9. The molecule has 0 N–H and O–H groups in total. The average Bonchev–Trinajstić information content (AvgIpc) is 2.96. The Kier molecular flexibility index (Phi) is 6.23. The number of fused-ring (bicyclic) bond motifs is 1. The van der Waals surface area contributed by atoms with Crippen LogP contribution in [0.3, 0.4) is 0 Å². The summed E-state index contributed by atoms with van der Waals surface area (Å²) in [5, 5.41) is 0. The fourth-order valence-corrected chi connectivity index (χ4v) is 6.42. The molecule has 0 bridgehead atoms. The summed E-state index contributed by atoms with van der Waals surface area (Å²) in [6.45, 7) is 7.37. The molecule has 25 heavy (non-hydrogen) atoms. The highest BCUT2D eigenvalue weighted by Crippen LogP contribution is 2.59. The van der Waals surface area contributed by atoms with Gasteiger partial charge in [0.05, 0.1) is 0 Å². The van der Waals surface area contributed by atoms with Crippen LogP contribution in [0.1, 0.15) is 91.4 Å². The van der Waals surface area contributed by atoms with Gasteiger partial charge in [-0.3, -0.25) is 0 Å². The van der Waals surface area contributed by atoms with Crippen LogP contribution in [0.5, 0.6) is 0 Å². The number of rotatable bonds is 5. The third-order valence-electron chi connectivity index (χ3n) is 7.96. The van der Waals surface area contributed by atoms with Crippen molar-refractivity contribution < 1.29 is 4.79 Å². The van der Waals surface area contributed by atoms with E-state index in [2.05, 4.69) is 32.9 Å². The van der Waals surface area contributed by atoms with E-state index in [1.807, 2.05) is 0 Å². The number of aldehydes is 1. The molecule has 1 nitrogen and oxygen atoms in total. The monoisotopic (exact) mass is 342 g/mol. The van der Waals surface area contributed by atoms with Crippen LogP contribution in [0.15, 0.2) is 23.3 Å². The molecule has 0 aromatic heterocycles. The summed E-state index contributed by atoms with van der Waals surface area (Å²) in [7, 11) is 0. The summed E-state index contributed by atoms with van der Waals surface area (Å²) in [5.41, 5.74) is 3.91. The van der Waals surface area contributed by atoms with Gasteiger partial charge in [-0.25, -0.2) is 0 Å². The minimum Gasteiger partial charge on any atom is -0.303 e. The van der Waals surface area contributed by atoms with E-state index in [-0.39, 0.29) is 0 Å². The largest absolute Gasteiger partial charge is 0.303 e. The summed E-state index contributed by atoms with van der Waals surface area (Å²) in [6.07, 6.45) is 20.3. The number of carbonyl (C=O) groups excluding carboxylic acids is 1. The average molecular weight is 343 g/mol. The molecule has 3 rings (SSSR count). The summed E-state index contributed by atoms with van der Waals surface area (Å²) in [5.74, 6) is 3.08. The highest BCUT2D eigenvalue weighted by Gasteiger charge is 2.50. The first-order valence-electron chi connectivity index (χ1n) is 10.9.